The number of guanidine groups is 1. The van der Waals surface area contributed by atoms with Crippen LogP contribution in [0.4, 0.5) is 0 Å². The van der Waals surface area contributed by atoms with Crippen LogP contribution < -0.4 is 16.0 Å². The molecule has 6 heteroatoms. The Balaban J connectivity index is 0.00000338. The van der Waals surface area contributed by atoms with Crippen molar-refractivity contribution in [1.82, 2.24) is 16.0 Å². The summed E-state index contributed by atoms with van der Waals surface area (Å²) in [5.41, 5.74) is 1.36. The van der Waals surface area contributed by atoms with Crippen molar-refractivity contribution < 1.29 is 4.79 Å². The molecule has 1 aromatic rings. The molecule has 146 valence electrons. The van der Waals surface area contributed by atoms with Crippen molar-refractivity contribution in [2.24, 2.45) is 4.99 Å². The number of aliphatic imine (C=N–C) groups is 1. The Hall–Kier alpha value is -1.31. The number of rotatable bonds is 10. The van der Waals surface area contributed by atoms with Crippen LogP contribution in [-0.4, -0.2) is 37.0 Å². The van der Waals surface area contributed by atoms with Crippen LogP contribution in [0.1, 0.15) is 51.5 Å². The highest BCUT2D eigenvalue weighted by Crippen LogP contribution is 2.18. The van der Waals surface area contributed by atoms with Gasteiger partial charge in [0.1, 0.15) is 0 Å². The molecule has 1 saturated carbocycles. The molecule has 1 aliphatic carbocycles. The zero-order chi connectivity index (χ0) is 17.9. The fraction of sp³-hybridized carbons (Fsp3) is 0.600. The minimum Gasteiger partial charge on any atom is -0.357 e. The molecule has 5 nitrogen and oxygen atoms in total. The lowest BCUT2D eigenvalue weighted by Gasteiger charge is -2.18. The number of amides is 1. The summed E-state index contributed by atoms with van der Waals surface area (Å²) in [6, 6.07) is 11.3. The molecule has 1 aliphatic rings. The second-order valence-electron chi connectivity index (χ2n) is 6.78. The molecule has 0 heterocycles. The smallest absolute Gasteiger partial charge is 0.220 e. The molecule has 0 aliphatic heterocycles. The molecule has 0 aromatic heterocycles. The zero-order valence-electron chi connectivity index (χ0n) is 16.0. The molecule has 1 amide bonds. The second-order valence-corrected chi connectivity index (χ2v) is 6.78. The van der Waals surface area contributed by atoms with Crippen molar-refractivity contribution in [3.05, 3.63) is 35.9 Å². The van der Waals surface area contributed by atoms with Gasteiger partial charge in [0, 0.05) is 31.6 Å². The van der Waals surface area contributed by atoms with E-state index in [-0.39, 0.29) is 29.9 Å². The molecule has 1 atom stereocenters. The van der Waals surface area contributed by atoms with E-state index >= 15 is 0 Å². The molecule has 3 N–H and O–H groups in total. The molecular formula is C20H33IN4O. The van der Waals surface area contributed by atoms with Crippen molar-refractivity contribution in [2.45, 2.75) is 64.5 Å². The molecular weight excluding hydrogens is 439 g/mol. The molecule has 1 unspecified atom stereocenters. The summed E-state index contributed by atoms with van der Waals surface area (Å²) in [5.74, 6) is 0.998. The minimum atomic E-state index is 0. The third-order valence-corrected chi connectivity index (χ3v) is 4.21. The maximum atomic E-state index is 11.7. The summed E-state index contributed by atoms with van der Waals surface area (Å²) in [7, 11) is 0. The zero-order valence-corrected chi connectivity index (χ0v) is 18.3. The highest BCUT2D eigenvalue weighted by atomic mass is 127. The van der Waals surface area contributed by atoms with Gasteiger partial charge in [0.15, 0.2) is 5.96 Å². The second kappa shape index (κ2) is 12.9. The van der Waals surface area contributed by atoms with Gasteiger partial charge in [-0.1, -0.05) is 30.3 Å². The van der Waals surface area contributed by atoms with Gasteiger partial charge < -0.3 is 16.0 Å². The number of nitrogens with zero attached hydrogens (tertiary/aromatic N) is 1. The van der Waals surface area contributed by atoms with E-state index in [4.69, 9.17) is 0 Å². The Bertz CT molecular complexity index is 546. The van der Waals surface area contributed by atoms with Crippen LogP contribution in [0.2, 0.25) is 0 Å². The Labute approximate surface area is 174 Å². The van der Waals surface area contributed by atoms with Crippen molar-refractivity contribution in [2.75, 3.05) is 13.1 Å². The number of hydrogen-bond acceptors (Lipinski definition) is 2. The van der Waals surface area contributed by atoms with Crippen molar-refractivity contribution >= 4 is 35.8 Å². The first-order chi connectivity index (χ1) is 12.2. The van der Waals surface area contributed by atoms with E-state index in [0.29, 0.717) is 25.0 Å². The normalized spacial score (nSPS) is 14.9. The summed E-state index contributed by atoms with van der Waals surface area (Å²) >= 11 is 0. The average molecular weight is 472 g/mol. The Morgan fingerprint density at radius 1 is 1.27 bits per heavy atom. The Kier molecular flexibility index (Phi) is 11.3. The highest BCUT2D eigenvalue weighted by Gasteiger charge is 2.22. The van der Waals surface area contributed by atoms with Crippen molar-refractivity contribution in [3.8, 4) is 0 Å². The Morgan fingerprint density at radius 2 is 2.00 bits per heavy atom. The number of hydrogen-bond donors (Lipinski definition) is 3. The lowest BCUT2D eigenvalue weighted by Crippen LogP contribution is -2.42. The molecule has 0 saturated heterocycles. The topological polar surface area (TPSA) is 65.5 Å². The number of carbonyl (C=O) groups excluding carboxylic acids is 1. The SMILES string of the molecule is CCNC(=NCCCC(=O)NC1CC1)NC(C)CCc1ccccc1.I. The molecule has 1 fully saturated rings. The fourth-order valence-electron chi connectivity index (χ4n) is 2.61. The summed E-state index contributed by atoms with van der Waals surface area (Å²) in [5, 5.41) is 9.75. The van der Waals surface area contributed by atoms with Gasteiger partial charge >= 0.3 is 0 Å². The third-order valence-electron chi connectivity index (χ3n) is 4.21. The Morgan fingerprint density at radius 3 is 2.65 bits per heavy atom. The van der Waals surface area contributed by atoms with Crippen LogP contribution in [0.25, 0.3) is 0 Å². The van der Waals surface area contributed by atoms with Gasteiger partial charge in [-0.25, -0.2) is 0 Å². The van der Waals surface area contributed by atoms with E-state index < -0.39 is 0 Å². The molecule has 0 bridgehead atoms. The first-order valence-corrected chi connectivity index (χ1v) is 9.55. The summed E-state index contributed by atoms with van der Waals surface area (Å²) in [4.78, 5) is 16.3. The predicted octanol–water partition coefficient (Wildman–Crippen LogP) is 3.24. The maximum absolute atomic E-state index is 11.7. The quantitative estimate of drug-likeness (QED) is 0.212. The minimum absolute atomic E-state index is 0. The van der Waals surface area contributed by atoms with Gasteiger partial charge in [0.2, 0.25) is 5.91 Å². The number of carbonyl (C=O) groups is 1. The van der Waals surface area contributed by atoms with E-state index in [1.165, 1.54) is 5.56 Å². The lowest BCUT2D eigenvalue weighted by atomic mass is 10.1. The van der Waals surface area contributed by atoms with E-state index in [0.717, 1.165) is 44.6 Å². The average Bonchev–Trinajstić information content (AvgIpc) is 3.42. The van der Waals surface area contributed by atoms with Crippen LogP contribution >= 0.6 is 24.0 Å². The largest absolute Gasteiger partial charge is 0.357 e. The van der Waals surface area contributed by atoms with Crippen LogP contribution in [0.5, 0.6) is 0 Å². The molecule has 2 rings (SSSR count). The summed E-state index contributed by atoms with van der Waals surface area (Å²) < 4.78 is 0. The van der Waals surface area contributed by atoms with Gasteiger partial charge in [0.25, 0.3) is 0 Å². The highest BCUT2D eigenvalue weighted by molar-refractivity contribution is 14.0. The van der Waals surface area contributed by atoms with E-state index in [2.05, 4.69) is 59.1 Å². The van der Waals surface area contributed by atoms with Gasteiger partial charge in [0.05, 0.1) is 0 Å². The molecule has 1 aromatic carbocycles. The molecule has 0 radical (unpaired) electrons. The van der Waals surface area contributed by atoms with Gasteiger partial charge in [-0.2, -0.15) is 0 Å². The lowest BCUT2D eigenvalue weighted by molar-refractivity contribution is -0.121. The van der Waals surface area contributed by atoms with Crippen LogP contribution in [0.3, 0.4) is 0 Å². The van der Waals surface area contributed by atoms with Crippen molar-refractivity contribution in [1.29, 1.82) is 0 Å². The standard InChI is InChI=1S/C20H32N4O.HI/c1-3-21-20(22-15-7-10-19(25)24-18-13-14-18)23-16(2)11-12-17-8-5-4-6-9-17;/h4-6,8-9,16,18H,3,7,10-15H2,1-2H3,(H,24,25)(H2,21,22,23);1H. The van der Waals surface area contributed by atoms with Gasteiger partial charge in [-0.05, 0) is 51.5 Å². The first kappa shape index (κ1) is 22.7. The van der Waals surface area contributed by atoms with E-state index in [1.807, 2.05) is 6.07 Å². The first-order valence-electron chi connectivity index (χ1n) is 9.55. The van der Waals surface area contributed by atoms with Gasteiger partial charge in [-0.15, -0.1) is 24.0 Å². The molecule has 0 spiro atoms. The monoisotopic (exact) mass is 472 g/mol. The van der Waals surface area contributed by atoms with Crippen LogP contribution in [0.15, 0.2) is 35.3 Å². The number of nitrogens with one attached hydrogen (secondary N) is 3. The third kappa shape index (κ3) is 9.99. The fourth-order valence-corrected chi connectivity index (χ4v) is 2.61. The predicted molar refractivity (Wildman–Crippen MR) is 119 cm³/mol. The van der Waals surface area contributed by atoms with E-state index in [1.54, 1.807) is 0 Å². The number of benzene rings is 1. The van der Waals surface area contributed by atoms with Crippen LogP contribution in [0, 0.1) is 0 Å². The summed E-state index contributed by atoms with van der Waals surface area (Å²) in [6.07, 6.45) is 5.73. The summed E-state index contributed by atoms with van der Waals surface area (Å²) in [6.45, 7) is 5.74. The maximum Gasteiger partial charge on any atom is 0.220 e. The van der Waals surface area contributed by atoms with E-state index in [9.17, 15) is 4.79 Å². The van der Waals surface area contributed by atoms with Crippen LogP contribution in [-0.2, 0) is 11.2 Å². The number of aryl methyl sites for hydroxylation is 1. The van der Waals surface area contributed by atoms with Crippen molar-refractivity contribution in [3.63, 3.8) is 0 Å². The van der Waals surface area contributed by atoms with Gasteiger partial charge in [-0.3, -0.25) is 9.79 Å². The molecule has 26 heavy (non-hydrogen) atoms. The number of halogens is 1.